The maximum absolute atomic E-state index is 14.3. The SMILES string of the molecule is CCCC(Sc1cc(NC(=O)C(C)C(C)C)c(F)cc1Cl)C(=O)OC(C)CC. The van der Waals surface area contributed by atoms with E-state index in [1.807, 2.05) is 34.6 Å². The topological polar surface area (TPSA) is 55.4 Å². The summed E-state index contributed by atoms with van der Waals surface area (Å²) in [6.45, 7) is 11.4. The zero-order valence-corrected chi connectivity index (χ0v) is 19.0. The van der Waals surface area contributed by atoms with Gasteiger partial charge in [-0.05, 0) is 37.8 Å². The van der Waals surface area contributed by atoms with Crippen molar-refractivity contribution in [2.75, 3.05) is 5.32 Å². The Bertz CT molecular complexity index is 684. The summed E-state index contributed by atoms with van der Waals surface area (Å²) in [6.07, 6.45) is 1.97. The molecule has 0 radical (unpaired) electrons. The van der Waals surface area contributed by atoms with Gasteiger partial charge in [0.25, 0.3) is 0 Å². The van der Waals surface area contributed by atoms with Gasteiger partial charge in [-0.3, -0.25) is 9.59 Å². The lowest BCUT2D eigenvalue weighted by atomic mass is 9.97. The third kappa shape index (κ3) is 7.28. The zero-order chi connectivity index (χ0) is 21.4. The molecule has 3 atom stereocenters. The summed E-state index contributed by atoms with van der Waals surface area (Å²) >= 11 is 7.45. The number of benzene rings is 1. The third-order valence-electron chi connectivity index (χ3n) is 4.67. The van der Waals surface area contributed by atoms with Crippen molar-refractivity contribution in [2.45, 2.75) is 77.1 Å². The predicted octanol–water partition coefficient (Wildman–Crippen LogP) is 6.31. The molecule has 4 nitrogen and oxygen atoms in total. The number of nitrogens with one attached hydrogen (secondary N) is 1. The number of amides is 1. The molecule has 28 heavy (non-hydrogen) atoms. The van der Waals surface area contributed by atoms with Crippen LogP contribution in [0.2, 0.25) is 5.02 Å². The minimum Gasteiger partial charge on any atom is -0.462 e. The number of carbonyl (C=O) groups is 2. The molecule has 158 valence electrons. The molecule has 0 aliphatic rings. The first-order valence-corrected chi connectivity index (χ1v) is 11.0. The standard InChI is InChI=1S/C21H31ClFNO3S/c1-7-9-18(21(26)27-13(5)8-2)28-19-11-17(16(23)10-15(19)22)24-20(25)14(6)12(3)4/h10-14,18H,7-9H2,1-6H3,(H,24,25). The van der Waals surface area contributed by atoms with Gasteiger partial charge in [0.2, 0.25) is 5.91 Å². The van der Waals surface area contributed by atoms with Gasteiger partial charge in [-0.25, -0.2) is 4.39 Å². The van der Waals surface area contributed by atoms with E-state index in [1.54, 1.807) is 6.92 Å². The van der Waals surface area contributed by atoms with Crippen molar-refractivity contribution in [3.8, 4) is 0 Å². The summed E-state index contributed by atoms with van der Waals surface area (Å²) in [5.41, 5.74) is 0.0648. The molecular weight excluding hydrogens is 401 g/mol. The lowest BCUT2D eigenvalue weighted by molar-refractivity contribution is -0.147. The van der Waals surface area contributed by atoms with Gasteiger partial charge in [0, 0.05) is 10.8 Å². The molecule has 0 heterocycles. The molecule has 0 saturated heterocycles. The average Bonchev–Trinajstić information content (AvgIpc) is 2.63. The van der Waals surface area contributed by atoms with Gasteiger partial charge in [-0.1, -0.05) is 52.6 Å². The van der Waals surface area contributed by atoms with Crippen LogP contribution < -0.4 is 5.32 Å². The number of hydrogen-bond acceptors (Lipinski definition) is 4. The van der Waals surface area contributed by atoms with E-state index in [4.69, 9.17) is 16.3 Å². The van der Waals surface area contributed by atoms with Gasteiger partial charge >= 0.3 is 5.97 Å². The number of anilines is 1. The lowest BCUT2D eigenvalue weighted by Crippen LogP contribution is -2.25. The highest BCUT2D eigenvalue weighted by Crippen LogP contribution is 2.36. The molecule has 0 spiro atoms. The summed E-state index contributed by atoms with van der Waals surface area (Å²) in [5, 5.41) is 2.39. The Morgan fingerprint density at radius 3 is 2.39 bits per heavy atom. The Morgan fingerprint density at radius 1 is 1.21 bits per heavy atom. The minimum absolute atomic E-state index is 0.0648. The molecule has 7 heteroatoms. The van der Waals surface area contributed by atoms with E-state index in [2.05, 4.69) is 5.32 Å². The zero-order valence-electron chi connectivity index (χ0n) is 17.5. The fourth-order valence-corrected chi connectivity index (χ4v) is 3.72. The van der Waals surface area contributed by atoms with Crippen molar-refractivity contribution in [1.29, 1.82) is 0 Å². The van der Waals surface area contributed by atoms with E-state index in [1.165, 1.54) is 23.9 Å². The van der Waals surface area contributed by atoms with E-state index in [0.717, 1.165) is 12.8 Å². The summed E-state index contributed by atoms with van der Waals surface area (Å²) in [4.78, 5) is 25.3. The molecule has 0 saturated carbocycles. The molecule has 1 rings (SSSR count). The third-order valence-corrected chi connectivity index (χ3v) is 6.40. The Kier molecular flexibility index (Phi) is 10.3. The first kappa shape index (κ1) is 24.8. The van der Waals surface area contributed by atoms with Crippen LogP contribution in [0.3, 0.4) is 0 Å². The van der Waals surface area contributed by atoms with Gasteiger partial charge in [0.05, 0.1) is 16.8 Å². The molecule has 1 aromatic rings. The van der Waals surface area contributed by atoms with Gasteiger partial charge in [-0.2, -0.15) is 0 Å². The van der Waals surface area contributed by atoms with Crippen LogP contribution in [-0.2, 0) is 14.3 Å². The van der Waals surface area contributed by atoms with Crippen LogP contribution in [0.5, 0.6) is 0 Å². The second kappa shape index (κ2) is 11.7. The van der Waals surface area contributed by atoms with E-state index in [0.29, 0.717) is 11.3 Å². The number of hydrogen-bond donors (Lipinski definition) is 1. The van der Waals surface area contributed by atoms with Gasteiger partial charge in [-0.15, -0.1) is 11.8 Å². The van der Waals surface area contributed by atoms with Crippen molar-refractivity contribution < 1.29 is 18.7 Å². The Hall–Kier alpha value is -1.27. The highest BCUT2D eigenvalue weighted by molar-refractivity contribution is 8.00. The predicted molar refractivity (Wildman–Crippen MR) is 114 cm³/mol. The van der Waals surface area contributed by atoms with Crippen LogP contribution >= 0.6 is 23.4 Å². The van der Waals surface area contributed by atoms with Gasteiger partial charge in [0.1, 0.15) is 11.1 Å². The molecule has 3 unspecified atom stereocenters. The summed E-state index contributed by atoms with van der Waals surface area (Å²) in [5.74, 6) is -1.29. The van der Waals surface area contributed by atoms with Crippen molar-refractivity contribution in [2.24, 2.45) is 11.8 Å². The molecule has 0 bridgehead atoms. The molecule has 1 N–H and O–H groups in total. The number of esters is 1. The smallest absolute Gasteiger partial charge is 0.319 e. The maximum Gasteiger partial charge on any atom is 0.319 e. The normalized spacial score (nSPS) is 14.5. The number of rotatable bonds is 10. The van der Waals surface area contributed by atoms with Crippen LogP contribution in [0.15, 0.2) is 17.0 Å². The van der Waals surface area contributed by atoms with Crippen LogP contribution in [-0.4, -0.2) is 23.2 Å². The number of thioether (sulfide) groups is 1. The van der Waals surface area contributed by atoms with E-state index in [-0.39, 0.29) is 40.5 Å². The Balaban J connectivity index is 3.05. The summed E-state index contributed by atoms with van der Waals surface area (Å²) in [7, 11) is 0. The molecule has 0 fully saturated rings. The number of carbonyl (C=O) groups excluding carboxylic acids is 2. The van der Waals surface area contributed by atoms with Crippen LogP contribution in [0.25, 0.3) is 0 Å². The first-order chi connectivity index (χ1) is 13.1. The second-order valence-corrected chi connectivity index (χ2v) is 8.99. The van der Waals surface area contributed by atoms with Crippen LogP contribution in [0.1, 0.15) is 60.8 Å². The molecule has 1 amide bonds. The number of halogens is 2. The first-order valence-electron chi connectivity index (χ1n) is 9.77. The van der Waals surface area contributed by atoms with Crippen molar-refractivity contribution in [3.05, 3.63) is 23.0 Å². The van der Waals surface area contributed by atoms with E-state index >= 15 is 0 Å². The Labute approximate surface area is 176 Å². The fourth-order valence-electron chi connectivity index (χ4n) is 2.26. The van der Waals surface area contributed by atoms with Gasteiger partial charge in [0.15, 0.2) is 0 Å². The summed E-state index contributed by atoms with van der Waals surface area (Å²) in [6, 6.07) is 2.66. The Morgan fingerprint density at radius 2 is 1.86 bits per heavy atom. The lowest BCUT2D eigenvalue weighted by Gasteiger charge is -2.20. The molecule has 0 aliphatic heterocycles. The molecule has 0 aliphatic carbocycles. The summed E-state index contributed by atoms with van der Waals surface area (Å²) < 4.78 is 19.8. The second-order valence-electron chi connectivity index (χ2n) is 7.34. The average molecular weight is 432 g/mol. The van der Waals surface area contributed by atoms with Crippen molar-refractivity contribution >= 4 is 40.9 Å². The molecule has 0 aromatic heterocycles. The number of ether oxygens (including phenoxy) is 1. The quantitative estimate of drug-likeness (QED) is 0.348. The van der Waals surface area contributed by atoms with Crippen LogP contribution in [0, 0.1) is 17.7 Å². The fraction of sp³-hybridized carbons (Fsp3) is 0.619. The van der Waals surface area contributed by atoms with Crippen LogP contribution in [0.4, 0.5) is 10.1 Å². The van der Waals surface area contributed by atoms with E-state index in [9.17, 15) is 14.0 Å². The maximum atomic E-state index is 14.3. The van der Waals surface area contributed by atoms with Gasteiger partial charge < -0.3 is 10.1 Å². The van der Waals surface area contributed by atoms with Crippen molar-refractivity contribution in [3.63, 3.8) is 0 Å². The molecular formula is C21H31ClFNO3S. The largest absolute Gasteiger partial charge is 0.462 e. The molecule has 1 aromatic carbocycles. The monoisotopic (exact) mass is 431 g/mol. The highest BCUT2D eigenvalue weighted by atomic mass is 35.5. The van der Waals surface area contributed by atoms with E-state index < -0.39 is 11.1 Å². The highest BCUT2D eigenvalue weighted by Gasteiger charge is 2.25. The van der Waals surface area contributed by atoms with Crippen molar-refractivity contribution in [1.82, 2.24) is 0 Å². The minimum atomic E-state index is -0.604.